The molecule has 0 radical (unpaired) electrons. The Morgan fingerprint density at radius 2 is 1.76 bits per heavy atom. The summed E-state index contributed by atoms with van der Waals surface area (Å²) in [5.41, 5.74) is 8.77. The van der Waals surface area contributed by atoms with E-state index in [1.54, 1.807) is 22.9 Å². The summed E-state index contributed by atoms with van der Waals surface area (Å²) in [4.78, 5) is 0. The van der Waals surface area contributed by atoms with E-state index in [4.69, 9.17) is 28.9 Å². The first-order valence-corrected chi connectivity index (χ1v) is 6.93. The summed E-state index contributed by atoms with van der Waals surface area (Å²) in [5.74, 6) is 0.475. The van der Waals surface area contributed by atoms with Crippen molar-refractivity contribution in [3.63, 3.8) is 0 Å². The molecule has 3 aromatic rings. The van der Waals surface area contributed by atoms with Gasteiger partial charge < -0.3 is 5.73 Å². The van der Waals surface area contributed by atoms with Gasteiger partial charge in [-0.3, -0.25) is 0 Å². The second-order valence-corrected chi connectivity index (χ2v) is 5.32. The number of hydrogen-bond acceptors (Lipinski definition) is 4. The zero-order chi connectivity index (χ0) is 15.0. The van der Waals surface area contributed by atoms with Gasteiger partial charge in [0.15, 0.2) is 5.82 Å². The summed E-state index contributed by atoms with van der Waals surface area (Å²) >= 11 is 12.4. The molecule has 7 heteroatoms. The molecule has 0 unspecified atom stereocenters. The summed E-state index contributed by atoms with van der Waals surface area (Å²) in [5, 5.41) is 12.9. The smallest absolute Gasteiger partial charge is 0.190 e. The van der Waals surface area contributed by atoms with E-state index in [2.05, 4.69) is 15.5 Å². The molecule has 0 aliphatic rings. The Hall–Kier alpha value is -2.11. The Morgan fingerprint density at radius 1 is 1.05 bits per heavy atom. The zero-order valence-corrected chi connectivity index (χ0v) is 12.6. The summed E-state index contributed by atoms with van der Waals surface area (Å²) in [7, 11) is 0. The molecule has 0 saturated heterocycles. The topological polar surface area (TPSA) is 69.6 Å². The first-order chi connectivity index (χ1) is 10.1. The van der Waals surface area contributed by atoms with Gasteiger partial charge in [-0.2, -0.15) is 4.68 Å². The molecule has 2 N–H and O–H groups in total. The number of rotatable bonds is 2. The van der Waals surface area contributed by atoms with Crippen LogP contribution in [0.4, 0.5) is 5.69 Å². The Morgan fingerprint density at radius 3 is 2.52 bits per heavy atom. The van der Waals surface area contributed by atoms with Crippen molar-refractivity contribution >= 4 is 28.9 Å². The minimum atomic E-state index is 0.475. The van der Waals surface area contributed by atoms with Gasteiger partial charge in [-0.25, -0.2) is 0 Å². The second-order valence-electron chi connectivity index (χ2n) is 4.50. The number of anilines is 1. The maximum absolute atomic E-state index is 6.24. The van der Waals surface area contributed by atoms with Crippen molar-refractivity contribution in [2.45, 2.75) is 6.92 Å². The van der Waals surface area contributed by atoms with Crippen LogP contribution in [0.2, 0.25) is 10.0 Å². The molecular formula is C14H11Cl2N5. The molecule has 0 aliphatic heterocycles. The molecule has 106 valence electrons. The molecular weight excluding hydrogens is 309 g/mol. The van der Waals surface area contributed by atoms with Crippen molar-refractivity contribution in [2.75, 3.05) is 5.73 Å². The molecule has 0 fully saturated rings. The monoisotopic (exact) mass is 319 g/mol. The molecule has 0 spiro atoms. The number of benzene rings is 2. The van der Waals surface area contributed by atoms with Gasteiger partial charge in [0.2, 0.25) is 0 Å². The van der Waals surface area contributed by atoms with Crippen molar-refractivity contribution in [2.24, 2.45) is 0 Å². The fraction of sp³-hybridized carbons (Fsp3) is 0.0714. The van der Waals surface area contributed by atoms with Crippen molar-refractivity contribution in [1.82, 2.24) is 20.2 Å². The molecule has 1 aromatic heterocycles. The highest BCUT2D eigenvalue weighted by Crippen LogP contribution is 2.33. The van der Waals surface area contributed by atoms with Gasteiger partial charge in [-0.1, -0.05) is 35.3 Å². The number of nitrogens with zero attached hydrogens (tertiary/aromatic N) is 4. The van der Waals surface area contributed by atoms with Crippen molar-refractivity contribution in [1.29, 1.82) is 0 Å². The molecule has 0 saturated carbocycles. The predicted octanol–water partition coefficient (Wildman–Crippen LogP) is 3.53. The van der Waals surface area contributed by atoms with E-state index in [-0.39, 0.29) is 0 Å². The highest BCUT2D eigenvalue weighted by atomic mass is 35.5. The number of nitrogens with two attached hydrogens (primary N) is 1. The van der Waals surface area contributed by atoms with E-state index in [1.807, 2.05) is 25.1 Å². The lowest BCUT2D eigenvalue weighted by molar-refractivity contribution is 0.787. The summed E-state index contributed by atoms with van der Waals surface area (Å²) in [6.07, 6.45) is 0. The van der Waals surface area contributed by atoms with Gasteiger partial charge >= 0.3 is 0 Å². The lowest BCUT2D eigenvalue weighted by Gasteiger charge is -2.11. The van der Waals surface area contributed by atoms with Gasteiger partial charge in [-0.05, 0) is 47.2 Å². The van der Waals surface area contributed by atoms with Gasteiger partial charge in [0, 0.05) is 10.7 Å². The van der Waals surface area contributed by atoms with Crippen molar-refractivity contribution < 1.29 is 0 Å². The average molecular weight is 320 g/mol. The standard InChI is InChI=1S/C14H11Cl2N5/c1-8-9(15)4-3-7-12(8)21-14(18-19-20-21)13-10(16)5-2-6-11(13)17/h2-7H,17H2,1H3. The fourth-order valence-electron chi connectivity index (χ4n) is 2.11. The Balaban J connectivity index is 2.25. The van der Waals surface area contributed by atoms with Crippen LogP contribution in [0.1, 0.15) is 5.56 Å². The molecule has 0 bridgehead atoms. The fourth-order valence-corrected chi connectivity index (χ4v) is 2.54. The van der Waals surface area contributed by atoms with Crippen LogP contribution >= 0.6 is 23.2 Å². The van der Waals surface area contributed by atoms with E-state index >= 15 is 0 Å². The van der Waals surface area contributed by atoms with E-state index < -0.39 is 0 Å². The molecule has 1 heterocycles. The lowest BCUT2D eigenvalue weighted by atomic mass is 10.1. The van der Waals surface area contributed by atoms with E-state index in [1.165, 1.54) is 0 Å². The minimum absolute atomic E-state index is 0.475. The Kier molecular flexibility index (Phi) is 3.53. The number of tetrazole rings is 1. The third-order valence-corrected chi connectivity index (χ3v) is 3.93. The Labute approximate surface area is 131 Å². The highest BCUT2D eigenvalue weighted by Gasteiger charge is 2.18. The lowest BCUT2D eigenvalue weighted by Crippen LogP contribution is -2.04. The van der Waals surface area contributed by atoms with Gasteiger partial charge in [0.1, 0.15) is 0 Å². The summed E-state index contributed by atoms with van der Waals surface area (Å²) in [6, 6.07) is 10.8. The van der Waals surface area contributed by atoms with Crippen LogP contribution in [0.25, 0.3) is 17.1 Å². The van der Waals surface area contributed by atoms with E-state index in [0.717, 1.165) is 11.3 Å². The van der Waals surface area contributed by atoms with E-state index in [9.17, 15) is 0 Å². The first-order valence-electron chi connectivity index (χ1n) is 6.18. The van der Waals surface area contributed by atoms with Gasteiger partial charge in [-0.15, -0.1) is 5.10 Å². The van der Waals surface area contributed by atoms with E-state index in [0.29, 0.717) is 27.1 Å². The van der Waals surface area contributed by atoms with Crippen LogP contribution in [0.3, 0.4) is 0 Å². The average Bonchev–Trinajstić information content (AvgIpc) is 2.91. The normalized spacial score (nSPS) is 10.8. The van der Waals surface area contributed by atoms with Crippen LogP contribution in [0.15, 0.2) is 36.4 Å². The van der Waals surface area contributed by atoms with Crippen LogP contribution in [-0.2, 0) is 0 Å². The predicted molar refractivity (Wildman–Crippen MR) is 83.8 cm³/mol. The van der Waals surface area contributed by atoms with Crippen LogP contribution < -0.4 is 5.73 Å². The molecule has 3 rings (SSSR count). The third-order valence-electron chi connectivity index (χ3n) is 3.21. The zero-order valence-electron chi connectivity index (χ0n) is 11.1. The van der Waals surface area contributed by atoms with Crippen LogP contribution in [-0.4, -0.2) is 20.2 Å². The summed E-state index contributed by atoms with van der Waals surface area (Å²) in [6.45, 7) is 1.90. The Bertz CT molecular complexity index is 793. The number of nitrogen functional groups attached to an aromatic ring is 1. The molecule has 21 heavy (non-hydrogen) atoms. The minimum Gasteiger partial charge on any atom is -0.398 e. The third kappa shape index (κ3) is 2.34. The molecule has 0 aliphatic carbocycles. The van der Waals surface area contributed by atoms with Crippen molar-refractivity contribution in [3.05, 3.63) is 52.0 Å². The highest BCUT2D eigenvalue weighted by molar-refractivity contribution is 6.34. The first kappa shape index (κ1) is 13.9. The largest absolute Gasteiger partial charge is 0.398 e. The number of hydrogen-bond donors (Lipinski definition) is 1. The maximum Gasteiger partial charge on any atom is 0.190 e. The second kappa shape index (κ2) is 5.35. The van der Waals surface area contributed by atoms with Crippen LogP contribution in [0.5, 0.6) is 0 Å². The quantitative estimate of drug-likeness (QED) is 0.733. The van der Waals surface area contributed by atoms with Gasteiger partial charge in [0.25, 0.3) is 0 Å². The maximum atomic E-state index is 6.24. The molecule has 0 atom stereocenters. The molecule has 2 aromatic carbocycles. The SMILES string of the molecule is Cc1c(Cl)cccc1-n1nnnc1-c1c(N)cccc1Cl. The number of halogens is 2. The molecule has 0 amide bonds. The van der Waals surface area contributed by atoms with Crippen LogP contribution in [0, 0.1) is 6.92 Å². The number of aromatic nitrogens is 4. The summed E-state index contributed by atoms with van der Waals surface area (Å²) < 4.78 is 1.58. The molecule has 5 nitrogen and oxygen atoms in total. The van der Waals surface area contributed by atoms with Crippen molar-refractivity contribution in [3.8, 4) is 17.1 Å². The van der Waals surface area contributed by atoms with Gasteiger partial charge in [0.05, 0.1) is 16.3 Å².